The van der Waals surface area contributed by atoms with Crippen molar-refractivity contribution >= 4 is 16.3 Å². The SMILES string of the molecule is CCNC(Cc1cn2ccsc2n1)c1cn(C)nc1C. The van der Waals surface area contributed by atoms with Crippen LogP contribution in [0.2, 0.25) is 0 Å². The van der Waals surface area contributed by atoms with Crippen LogP contribution in [-0.4, -0.2) is 25.7 Å². The third-order valence-electron chi connectivity index (χ3n) is 3.43. The van der Waals surface area contributed by atoms with E-state index in [9.17, 15) is 0 Å². The van der Waals surface area contributed by atoms with Crippen molar-refractivity contribution in [1.82, 2.24) is 24.5 Å². The lowest BCUT2D eigenvalue weighted by Gasteiger charge is -2.16. The molecule has 0 saturated heterocycles. The number of rotatable bonds is 5. The van der Waals surface area contributed by atoms with E-state index in [1.807, 2.05) is 17.9 Å². The molecule has 0 aliphatic carbocycles. The zero-order valence-electron chi connectivity index (χ0n) is 12.0. The zero-order chi connectivity index (χ0) is 14.1. The van der Waals surface area contributed by atoms with Gasteiger partial charge < -0.3 is 5.32 Å². The van der Waals surface area contributed by atoms with E-state index in [1.54, 1.807) is 11.3 Å². The molecular formula is C14H19N5S. The van der Waals surface area contributed by atoms with Gasteiger partial charge in [-0.1, -0.05) is 6.92 Å². The molecule has 1 atom stereocenters. The van der Waals surface area contributed by atoms with Crippen molar-refractivity contribution in [2.75, 3.05) is 6.54 Å². The Kier molecular flexibility index (Phi) is 3.58. The van der Waals surface area contributed by atoms with Crippen molar-refractivity contribution < 1.29 is 0 Å². The van der Waals surface area contributed by atoms with Crippen LogP contribution in [-0.2, 0) is 13.5 Å². The fraction of sp³-hybridized carbons (Fsp3) is 0.429. The van der Waals surface area contributed by atoms with Crippen molar-refractivity contribution in [1.29, 1.82) is 0 Å². The second-order valence-corrected chi connectivity index (χ2v) is 5.86. The molecule has 0 fully saturated rings. The molecule has 0 aromatic carbocycles. The van der Waals surface area contributed by atoms with Gasteiger partial charge in [-0.3, -0.25) is 9.08 Å². The molecular weight excluding hydrogens is 270 g/mol. The molecule has 1 N–H and O–H groups in total. The van der Waals surface area contributed by atoms with Gasteiger partial charge in [0.25, 0.3) is 0 Å². The largest absolute Gasteiger partial charge is 0.310 e. The molecule has 0 bridgehead atoms. The average Bonchev–Trinajstić information content (AvgIpc) is 3.03. The molecule has 3 heterocycles. The number of hydrogen-bond acceptors (Lipinski definition) is 4. The van der Waals surface area contributed by atoms with Crippen LogP contribution in [0.1, 0.15) is 29.9 Å². The molecule has 0 amide bonds. The summed E-state index contributed by atoms with van der Waals surface area (Å²) in [4.78, 5) is 5.72. The Morgan fingerprint density at radius 2 is 2.25 bits per heavy atom. The first-order chi connectivity index (χ1) is 9.67. The lowest BCUT2D eigenvalue weighted by molar-refractivity contribution is 0.542. The summed E-state index contributed by atoms with van der Waals surface area (Å²) in [6.07, 6.45) is 7.14. The highest BCUT2D eigenvalue weighted by Gasteiger charge is 2.17. The Morgan fingerprint density at radius 3 is 2.90 bits per heavy atom. The fourth-order valence-corrected chi connectivity index (χ4v) is 3.30. The number of imidazole rings is 1. The standard InChI is InChI=1S/C14H19N5S/c1-4-15-13(12-9-18(3)17-10(12)2)7-11-8-19-5-6-20-14(19)16-11/h5-6,8-9,13,15H,4,7H2,1-3H3. The third-order valence-corrected chi connectivity index (χ3v) is 4.20. The molecule has 3 rings (SSSR count). The first-order valence-electron chi connectivity index (χ1n) is 6.82. The zero-order valence-corrected chi connectivity index (χ0v) is 12.8. The molecule has 106 valence electrons. The van der Waals surface area contributed by atoms with Crippen molar-refractivity contribution in [2.24, 2.45) is 7.05 Å². The van der Waals surface area contributed by atoms with Crippen LogP contribution in [0.25, 0.3) is 4.96 Å². The third kappa shape index (κ3) is 2.48. The Morgan fingerprint density at radius 1 is 1.40 bits per heavy atom. The number of fused-ring (bicyclic) bond motifs is 1. The summed E-state index contributed by atoms with van der Waals surface area (Å²) in [7, 11) is 1.96. The van der Waals surface area contributed by atoms with Gasteiger partial charge in [-0.2, -0.15) is 5.10 Å². The highest BCUT2D eigenvalue weighted by Crippen LogP contribution is 2.22. The minimum atomic E-state index is 0.262. The normalized spacial score (nSPS) is 13.2. The number of likely N-dealkylation sites (N-methyl/N-ethyl adjacent to an activating group) is 1. The molecule has 6 heteroatoms. The highest BCUT2D eigenvalue weighted by atomic mass is 32.1. The van der Waals surface area contributed by atoms with Gasteiger partial charge in [0, 0.05) is 49.0 Å². The predicted molar refractivity (Wildman–Crippen MR) is 81.1 cm³/mol. The van der Waals surface area contributed by atoms with Gasteiger partial charge in [-0.05, 0) is 13.5 Å². The first kappa shape index (κ1) is 13.3. The van der Waals surface area contributed by atoms with Crippen LogP contribution in [0.5, 0.6) is 0 Å². The lowest BCUT2D eigenvalue weighted by Crippen LogP contribution is -2.23. The molecule has 1 unspecified atom stereocenters. The maximum atomic E-state index is 4.67. The number of aromatic nitrogens is 4. The van der Waals surface area contributed by atoms with Crippen molar-refractivity contribution in [3.05, 3.63) is 40.9 Å². The van der Waals surface area contributed by atoms with Crippen LogP contribution in [0.4, 0.5) is 0 Å². The average molecular weight is 289 g/mol. The maximum Gasteiger partial charge on any atom is 0.193 e. The second-order valence-electron chi connectivity index (χ2n) is 4.98. The maximum absolute atomic E-state index is 4.67. The molecule has 0 saturated carbocycles. The number of aryl methyl sites for hydroxylation is 2. The summed E-state index contributed by atoms with van der Waals surface area (Å²) in [6, 6.07) is 0.262. The molecule has 0 aliphatic heterocycles. The van der Waals surface area contributed by atoms with Crippen molar-refractivity contribution in [3.8, 4) is 0 Å². The smallest absolute Gasteiger partial charge is 0.193 e. The summed E-state index contributed by atoms with van der Waals surface area (Å²) in [5.41, 5.74) is 3.45. The number of nitrogens with zero attached hydrogens (tertiary/aromatic N) is 4. The number of hydrogen-bond donors (Lipinski definition) is 1. The van der Waals surface area contributed by atoms with Crippen molar-refractivity contribution in [3.63, 3.8) is 0 Å². The van der Waals surface area contributed by atoms with Gasteiger partial charge in [0.1, 0.15) is 0 Å². The first-order valence-corrected chi connectivity index (χ1v) is 7.70. The molecule has 20 heavy (non-hydrogen) atoms. The summed E-state index contributed by atoms with van der Waals surface area (Å²) in [5.74, 6) is 0. The van der Waals surface area contributed by atoms with E-state index >= 15 is 0 Å². The highest BCUT2D eigenvalue weighted by molar-refractivity contribution is 7.15. The minimum absolute atomic E-state index is 0.262. The lowest BCUT2D eigenvalue weighted by atomic mass is 10.0. The Hall–Kier alpha value is -1.66. The Balaban J connectivity index is 1.87. The van der Waals surface area contributed by atoms with E-state index in [0.29, 0.717) is 0 Å². The summed E-state index contributed by atoms with van der Waals surface area (Å²) in [6.45, 7) is 5.12. The van der Waals surface area contributed by atoms with Gasteiger partial charge >= 0.3 is 0 Å². The molecule has 5 nitrogen and oxygen atoms in total. The molecule has 0 spiro atoms. The topological polar surface area (TPSA) is 47.1 Å². The van der Waals surface area contributed by atoms with E-state index < -0.39 is 0 Å². The number of nitrogens with one attached hydrogen (secondary N) is 1. The van der Waals surface area contributed by atoms with Crippen LogP contribution < -0.4 is 5.32 Å². The van der Waals surface area contributed by atoms with E-state index in [0.717, 1.165) is 29.3 Å². The van der Waals surface area contributed by atoms with E-state index in [-0.39, 0.29) is 6.04 Å². The summed E-state index contributed by atoms with van der Waals surface area (Å²) in [5, 5.41) is 10.0. The van der Waals surface area contributed by atoms with Gasteiger partial charge in [0.05, 0.1) is 11.4 Å². The van der Waals surface area contributed by atoms with Gasteiger partial charge in [-0.25, -0.2) is 4.98 Å². The van der Waals surface area contributed by atoms with Crippen LogP contribution in [0, 0.1) is 6.92 Å². The quantitative estimate of drug-likeness (QED) is 0.784. The van der Waals surface area contributed by atoms with E-state index in [2.05, 4.69) is 51.4 Å². The summed E-state index contributed by atoms with van der Waals surface area (Å²) >= 11 is 1.67. The minimum Gasteiger partial charge on any atom is -0.310 e. The second kappa shape index (κ2) is 5.38. The van der Waals surface area contributed by atoms with Crippen LogP contribution in [0.3, 0.4) is 0 Å². The Bertz CT molecular complexity index is 680. The summed E-state index contributed by atoms with van der Waals surface area (Å²) < 4.78 is 3.96. The predicted octanol–water partition coefficient (Wildman–Crippen LogP) is 2.33. The molecule has 3 aromatic rings. The Labute approximate surface area is 122 Å². The van der Waals surface area contributed by atoms with Gasteiger partial charge in [0.15, 0.2) is 4.96 Å². The van der Waals surface area contributed by atoms with E-state index in [1.165, 1.54) is 5.56 Å². The van der Waals surface area contributed by atoms with Crippen molar-refractivity contribution in [2.45, 2.75) is 26.3 Å². The van der Waals surface area contributed by atoms with Crippen LogP contribution >= 0.6 is 11.3 Å². The molecule has 3 aromatic heterocycles. The van der Waals surface area contributed by atoms with Gasteiger partial charge in [0.2, 0.25) is 0 Å². The van der Waals surface area contributed by atoms with Crippen LogP contribution in [0.15, 0.2) is 24.0 Å². The molecule has 0 aliphatic rings. The van der Waals surface area contributed by atoms with E-state index in [4.69, 9.17) is 0 Å². The monoisotopic (exact) mass is 289 g/mol. The molecule has 0 radical (unpaired) electrons. The number of thiazole rings is 1. The van der Waals surface area contributed by atoms with Gasteiger partial charge in [-0.15, -0.1) is 11.3 Å². The fourth-order valence-electron chi connectivity index (χ4n) is 2.58.